The molecule has 0 spiro atoms. The van der Waals surface area contributed by atoms with Gasteiger partial charge in [-0.1, -0.05) is 6.92 Å². The number of H-pyrrole nitrogens is 1. The molecule has 1 aromatic rings. The first-order valence-corrected chi connectivity index (χ1v) is 4.23. The second-order valence-corrected chi connectivity index (χ2v) is 3.01. The van der Waals surface area contributed by atoms with Crippen molar-refractivity contribution in [1.82, 2.24) is 4.98 Å². The first kappa shape index (κ1) is 11.2. The van der Waals surface area contributed by atoms with Crippen molar-refractivity contribution in [2.75, 3.05) is 5.73 Å². The number of hydrogen-bond donors (Lipinski definition) is 2. The van der Waals surface area contributed by atoms with Gasteiger partial charge in [0.15, 0.2) is 0 Å². The number of hydrogen-bond acceptors (Lipinski definition) is 3. The van der Waals surface area contributed by atoms with E-state index < -0.39 is 29.0 Å². The maximum atomic E-state index is 13.3. The van der Waals surface area contributed by atoms with Crippen LogP contribution in [-0.2, 0) is 5.92 Å². The fraction of sp³-hybridized carbons (Fsp3) is 0.333. The third kappa shape index (κ3) is 1.96. The van der Waals surface area contributed by atoms with E-state index in [1.54, 1.807) is 0 Å². The van der Waals surface area contributed by atoms with Gasteiger partial charge < -0.3 is 10.7 Å². The second-order valence-electron chi connectivity index (χ2n) is 3.01. The molecule has 6 heteroatoms. The zero-order valence-electron chi connectivity index (χ0n) is 7.97. The topological polar surface area (TPSA) is 82.7 Å². The molecule has 0 aromatic carbocycles. The summed E-state index contributed by atoms with van der Waals surface area (Å²) in [6, 6.07) is 2.37. The first-order chi connectivity index (χ1) is 6.92. The summed E-state index contributed by atoms with van der Waals surface area (Å²) in [6.45, 7) is 1.26. The normalized spacial score (nSPS) is 11.1. The van der Waals surface area contributed by atoms with Gasteiger partial charge in [0, 0.05) is 12.0 Å². The van der Waals surface area contributed by atoms with Crippen molar-refractivity contribution in [2.45, 2.75) is 19.3 Å². The van der Waals surface area contributed by atoms with E-state index in [4.69, 9.17) is 11.0 Å². The van der Waals surface area contributed by atoms with Crippen LogP contribution in [0, 0.1) is 11.3 Å². The molecule has 1 heterocycles. The quantitative estimate of drug-likeness (QED) is 0.777. The van der Waals surface area contributed by atoms with Crippen LogP contribution in [-0.4, -0.2) is 4.98 Å². The third-order valence-corrected chi connectivity index (χ3v) is 2.00. The summed E-state index contributed by atoms with van der Waals surface area (Å²) in [7, 11) is 0. The second kappa shape index (κ2) is 3.69. The Kier molecular flexibility index (Phi) is 2.75. The van der Waals surface area contributed by atoms with Crippen molar-refractivity contribution in [2.24, 2.45) is 0 Å². The molecule has 0 amide bonds. The third-order valence-electron chi connectivity index (χ3n) is 2.00. The van der Waals surface area contributed by atoms with Crippen LogP contribution in [0.4, 0.5) is 14.6 Å². The van der Waals surface area contributed by atoms with E-state index in [0.29, 0.717) is 0 Å². The summed E-state index contributed by atoms with van der Waals surface area (Å²) >= 11 is 0. The molecule has 0 atom stereocenters. The Balaban J connectivity index is 3.55. The number of nitrogens with two attached hydrogens (primary N) is 1. The summed E-state index contributed by atoms with van der Waals surface area (Å²) in [5.41, 5.74) is 3.14. The number of nitriles is 1. The molecule has 0 aliphatic carbocycles. The predicted octanol–water partition coefficient (Wildman–Crippen LogP) is 1.33. The molecule has 0 radical (unpaired) electrons. The van der Waals surface area contributed by atoms with E-state index in [1.165, 1.54) is 13.0 Å². The Hall–Kier alpha value is -1.90. The number of pyridine rings is 1. The number of aromatic nitrogens is 1. The molecule has 0 aliphatic rings. The van der Waals surface area contributed by atoms with E-state index in [1.807, 2.05) is 0 Å². The van der Waals surface area contributed by atoms with E-state index in [0.717, 1.165) is 6.07 Å². The molecule has 1 aromatic heterocycles. The van der Waals surface area contributed by atoms with Gasteiger partial charge in [0.05, 0.1) is 0 Å². The minimum atomic E-state index is -3.21. The van der Waals surface area contributed by atoms with Gasteiger partial charge >= 0.3 is 0 Å². The van der Waals surface area contributed by atoms with Crippen LogP contribution < -0.4 is 11.3 Å². The lowest BCUT2D eigenvalue weighted by atomic mass is 10.0. The smallest absolute Gasteiger partial charge is 0.274 e. The van der Waals surface area contributed by atoms with Crippen LogP contribution in [0.1, 0.15) is 24.5 Å². The average Bonchev–Trinajstić information content (AvgIpc) is 2.16. The Morgan fingerprint density at radius 1 is 1.67 bits per heavy atom. The number of rotatable bonds is 2. The largest absolute Gasteiger partial charge is 0.385 e. The summed E-state index contributed by atoms with van der Waals surface area (Å²) in [5.74, 6) is -3.39. The number of anilines is 1. The highest BCUT2D eigenvalue weighted by Crippen LogP contribution is 2.32. The molecule has 80 valence electrons. The summed E-state index contributed by atoms with van der Waals surface area (Å²) in [5, 5.41) is 8.60. The van der Waals surface area contributed by atoms with Crippen LogP contribution in [0.2, 0.25) is 0 Å². The zero-order valence-corrected chi connectivity index (χ0v) is 7.97. The zero-order chi connectivity index (χ0) is 11.6. The van der Waals surface area contributed by atoms with Crippen LogP contribution in [0.25, 0.3) is 0 Å². The Morgan fingerprint density at radius 3 is 2.73 bits per heavy atom. The van der Waals surface area contributed by atoms with Crippen LogP contribution >= 0.6 is 0 Å². The molecule has 0 saturated carbocycles. The van der Waals surface area contributed by atoms with Gasteiger partial charge in [0.2, 0.25) is 0 Å². The van der Waals surface area contributed by atoms with Crippen LogP contribution in [0.5, 0.6) is 0 Å². The molecule has 15 heavy (non-hydrogen) atoms. The molecule has 0 fully saturated rings. The fourth-order valence-corrected chi connectivity index (χ4v) is 1.17. The highest BCUT2D eigenvalue weighted by Gasteiger charge is 2.33. The number of nitrogens with zero attached hydrogens (tertiary/aromatic N) is 1. The van der Waals surface area contributed by atoms with Crippen molar-refractivity contribution < 1.29 is 8.78 Å². The van der Waals surface area contributed by atoms with Gasteiger partial charge in [-0.15, -0.1) is 0 Å². The first-order valence-electron chi connectivity index (χ1n) is 4.23. The molecule has 0 saturated heterocycles. The monoisotopic (exact) mass is 213 g/mol. The molecule has 0 unspecified atom stereocenters. The lowest BCUT2D eigenvalue weighted by molar-refractivity contribution is -0.00866. The molecule has 4 nitrogen and oxygen atoms in total. The van der Waals surface area contributed by atoms with Gasteiger partial charge in [-0.3, -0.25) is 4.79 Å². The molecular weight excluding hydrogens is 204 g/mol. The van der Waals surface area contributed by atoms with Crippen molar-refractivity contribution in [3.63, 3.8) is 0 Å². The summed E-state index contributed by atoms with van der Waals surface area (Å²) in [6.07, 6.45) is -0.495. The summed E-state index contributed by atoms with van der Waals surface area (Å²) < 4.78 is 26.7. The lowest BCUT2D eigenvalue weighted by Gasteiger charge is -2.15. The van der Waals surface area contributed by atoms with Crippen molar-refractivity contribution in [1.29, 1.82) is 5.26 Å². The van der Waals surface area contributed by atoms with Gasteiger partial charge in [0.1, 0.15) is 17.5 Å². The molecular formula is C9H9F2N3O. The maximum absolute atomic E-state index is 13.3. The van der Waals surface area contributed by atoms with Gasteiger partial charge in [-0.25, -0.2) is 8.78 Å². The van der Waals surface area contributed by atoms with Crippen LogP contribution in [0.15, 0.2) is 10.9 Å². The average molecular weight is 213 g/mol. The Bertz CT molecular complexity index is 473. The fourth-order valence-electron chi connectivity index (χ4n) is 1.17. The predicted molar refractivity (Wildman–Crippen MR) is 50.4 cm³/mol. The van der Waals surface area contributed by atoms with Crippen molar-refractivity contribution in [3.05, 3.63) is 27.5 Å². The minimum absolute atomic E-state index is 0.179. The molecule has 0 aliphatic heterocycles. The van der Waals surface area contributed by atoms with Crippen LogP contribution in [0.3, 0.4) is 0 Å². The van der Waals surface area contributed by atoms with Gasteiger partial charge in [-0.2, -0.15) is 5.26 Å². The van der Waals surface area contributed by atoms with Gasteiger partial charge in [-0.05, 0) is 6.07 Å². The van der Waals surface area contributed by atoms with E-state index in [9.17, 15) is 13.6 Å². The number of aromatic amines is 1. The standard InChI is InChI=1S/C9H9F2N3O/c1-2-9(10,11)6-3-7(13)14-8(15)5(6)4-12/h3H,2H2,1H3,(H3,13,14,15). The summed E-state index contributed by atoms with van der Waals surface area (Å²) in [4.78, 5) is 13.3. The maximum Gasteiger partial charge on any atom is 0.274 e. The van der Waals surface area contributed by atoms with Crippen molar-refractivity contribution in [3.8, 4) is 6.07 Å². The number of halogens is 2. The Labute approximate surface area is 84.3 Å². The van der Waals surface area contributed by atoms with Gasteiger partial charge in [0.25, 0.3) is 11.5 Å². The minimum Gasteiger partial charge on any atom is -0.385 e. The molecule has 1 rings (SSSR count). The number of alkyl halides is 2. The van der Waals surface area contributed by atoms with Crippen molar-refractivity contribution >= 4 is 5.82 Å². The highest BCUT2D eigenvalue weighted by molar-refractivity contribution is 5.45. The number of nitrogens with one attached hydrogen (secondary N) is 1. The highest BCUT2D eigenvalue weighted by atomic mass is 19.3. The molecule has 3 N–H and O–H groups in total. The molecule has 0 bridgehead atoms. The van der Waals surface area contributed by atoms with E-state index in [2.05, 4.69) is 4.98 Å². The Morgan fingerprint density at radius 2 is 2.27 bits per heavy atom. The number of nitrogen functional groups attached to an aromatic ring is 1. The SMILES string of the molecule is CCC(F)(F)c1cc(N)[nH]c(=O)c1C#N. The van der Waals surface area contributed by atoms with E-state index >= 15 is 0 Å². The van der Waals surface area contributed by atoms with E-state index in [-0.39, 0.29) is 5.82 Å². The lowest BCUT2D eigenvalue weighted by Crippen LogP contribution is -2.22.